The summed E-state index contributed by atoms with van der Waals surface area (Å²) >= 11 is 0. The highest BCUT2D eigenvalue weighted by atomic mass is 31.3. The van der Waals surface area contributed by atoms with Gasteiger partial charge in [0.1, 0.15) is 12.3 Å². The highest BCUT2D eigenvalue weighted by molar-refractivity contribution is 7.66. The normalized spacial score (nSPS) is 25.7. The van der Waals surface area contributed by atoms with Gasteiger partial charge in [0.25, 0.3) is 5.56 Å². The molecule has 31 heavy (non-hydrogen) atoms. The fraction of sp³-hybridized carbons (Fsp3) is 0.500. The van der Waals surface area contributed by atoms with Crippen LogP contribution in [0, 0.1) is 6.92 Å². The first-order valence-corrected chi connectivity index (χ1v) is 12.7. The van der Waals surface area contributed by atoms with Gasteiger partial charge < -0.3 is 29.4 Å². The highest BCUT2D eigenvalue weighted by Gasteiger charge is 2.43. The minimum absolute atomic E-state index is 0.161. The van der Waals surface area contributed by atoms with Crippen molar-refractivity contribution < 1.29 is 56.3 Å². The van der Waals surface area contributed by atoms with E-state index in [4.69, 9.17) is 19.4 Å². The van der Waals surface area contributed by atoms with E-state index in [1.165, 1.54) is 13.1 Å². The van der Waals surface area contributed by atoms with Crippen molar-refractivity contribution in [2.24, 2.45) is 0 Å². The fourth-order valence-electron chi connectivity index (χ4n) is 2.59. The van der Waals surface area contributed by atoms with Gasteiger partial charge in [-0.25, -0.2) is 23.1 Å². The van der Waals surface area contributed by atoms with E-state index in [9.17, 15) is 33.3 Å². The summed E-state index contributed by atoms with van der Waals surface area (Å²) in [5.74, 6) is 0. The van der Waals surface area contributed by atoms with Crippen LogP contribution in [0.5, 0.6) is 0 Å². The first kappa shape index (κ1) is 26.0. The van der Waals surface area contributed by atoms with Crippen LogP contribution in [0.4, 0.5) is 0 Å². The number of phosphoric ester groups is 1. The first-order chi connectivity index (χ1) is 14.1. The third-order valence-electron chi connectivity index (χ3n) is 3.83. The molecule has 5 atom stereocenters. The van der Waals surface area contributed by atoms with Gasteiger partial charge in [0.05, 0.1) is 12.7 Å². The van der Waals surface area contributed by atoms with Crippen LogP contribution in [-0.2, 0) is 31.6 Å². The molecule has 0 saturated carbocycles. The molecule has 176 valence electrons. The van der Waals surface area contributed by atoms with Gasteiger partial charge in [-0.05, 0) is 6.92 Å². The molecule has 1 saturated heterocycles. The Balaban J connectivity index is 2.10. The van der Waals surface area contributed by atoms with E-state index in [1.54, 1.807) is 0 Å². The number of ether oxygens (including phenoxy) is 1. The Morgan fingerprint density at radius 2 is 1.81 bits per heavy atom. The molecule has 0 radical (unpaired) electrons. The third kappa shape index (κ3) is 6.86. The molecule has 16 nitrogen and oxygen atoms in total. The topological polar surface area (TPSA) is 233 Å². The molecular formula is C12H19N2O14P3. The van der Waals surface area contributed by atoms with Crippen LogP contribution in [0.15, 0.2) is 22.4 Å². The predicted octanol–water partition coefficient (Wildman–Crippen LogP) is -0.589. The number of aliphatic hydroxyl groups excluding tert-OH is 1. The van der Waals surface area contributed by atoms with Crippen LogP contribution >= 0.6 is 23.5 Å². The maximum absolute atomic E-state index is 12.4. The Labute approximate surface area is 173 Å². The molecule has 0 bridgehead atoms. The Morgan fingerprint density at radius 3 is 2.35 bits per heavy atom. The van der Waals surface area contributed by atoms with Gasteiger partial charge in [-0.1, -0.05) is 6.58 Å². The van der Waals surface area contributed by atoms with Crippen molar-refractivity contribution in [3.63, 3.8) is 0 Å². The van der Waals surface area contributed by atoms with E-state index < -0.39 is 59.8 Å². The van der Waals surface area contributed by atoms with Crippen molar-refractivity contribution in [2.45, 2.75) is 31.8 Å². The Hall–Kier alpha value is -1.25. The lowest BCUT2D eigenvalue weighted by molar-refractivity contribution is -0.0452. The lowest BCUT2D eigenvalue weighted by atomic mass is 10.2. The molecule has 2 rings (SSSR count). The summed E-state index contributed by atoms with van der Waals surface area (Å²) in [5, 5.41) is 10.1. The smallest absolute Gasteiger partial charge is 0.390 e. The molecule has 5 N–H and O–H groups in total. The molecule has 1 fully saturated rings. The zero-order valence-corrected chi connectivity index (χ0v) is 18.3. The third-order valence-corrected chi connectivity index (χ3v) is 7.63. The number of nitrogens with zero attached hydrogens (tertiary/aromatic N) is 2. The SMILES string of the molecule is C=Cn1c(=O)c(C)cn([C@H]2CC(O)[C@@H](COP(=O)(O)OP(=O)(O)OP(=O)(O)O)O2)c1=O. The summed E-state index contributed by atoms with van der Waals surface area (Å²) in [6, 6.07) is 0. The number of hydrogen-bond acceptors (Lipinski definition) is 10. The van der Waals surface area contributed by atoms with Crippen LogP contribution in [0.1, 0.15) is 18.2 Å². The Bertz CT molecular complexity index is 1100. The van der Waals surface area contributed by atoms with Crippen molar-refractivity contribution in [3.8, 4) is 0 Å². The van der Waals surface area contributed by atoms with Crippen LogP contribution in [0.25, 0.3) is 6.20 Å². The summed E-state index contributed by atoms with van der Waals surface area (Å²) in [4.78, 5) is 59.8. The molecular weight excluding hydrogens is 489 g/mol. The summed E-state index contributed by atoms with van der Waals surface area (Å²) in [6.45, 7) is 3.90. The first-order valence-electron chi connectivity index (χ1n) is 8.14. The number of aromatic nitrogens is 2. The van der Waals surface area contributed by atoms with Gasteiger partial charge in [0, 0.05) is 24.4 Å². The van der Waals surface area contributed by atoms with E-state index in [2.05, 4.69) is 19.7 Å². The standard InChI is InChI=1S/C12H19N2O14P3/c1-3-13-11(16)7(2)5-14(12(13)17)10-4-8(15)9(26-10)6-25-30(21,22)28-31(23,24)27-29(18,19)20/h3,5,8-10,15H,1,4,6H2,2H3,(H,21,22)(H,23,24)(H2,18,19,20)/t8?,9-,10-/m1/s1. The Kier molecular flexibility index (Phi) is 7.81. The highest BCUT2D eigenvalue weighted by Crippen LogP contribution is 2.66. The quantitative estimate of drug-likeness (QED) is 0.262. The molecule has 3 unspecified atom stereocenters. The van der Waals surface area contributed by atoms with Gasteiger partial charge in [0.15, 0.2) is 0 Å². The van der Waals surface area contributed by atoms with Gasteiger partial charge in [-0.15, -0.1) is 0 Å². The van der Waals surface area contributed by atoms with Gasteiger partial charge >= 0.3 is 29.2 Å². The second-order valence-electron chi connectivity index (χ2n) is 6.18. The number of aryl methyl sites for hydroxylation is 1. The monoisotopic (exact) mass is 508 g/mol. The lowest BCUT2D eigenvalue weighted by Crippen LogP contribution is -2.39. The van der Waals surface area contributed by atoms with Crippen molar-refractivity contribution in [3.05, 3.63) is 39.2 Å². The lowest BCUT2D eigenvalue weighted by Gasteiger charge is -2.19. The van der Waals surface area contributed by atoms with E-state index in [-0.39, 0.29) is 12.0 Å². The summed E-state index contributed by atoms with van der Waals surface area (Å²) < 4.78 is 52.3. The second kappa shape index (κ2) is 9.32. The number of aliphatic hydroxyl groups is 1. The van der Waals surface area contributed by atoms with E-state index in [1.807, 2.05) is 0 Å². The van der Waals surface area contributed by atoms with Crippen LogP contribution in [0.3, 0.4) is 0 Å². The largest absolute Gasteiger partial charge is 0.490 e. The summed E-state index contributed by atoms with van der Waals surface area (Å²) in [7, 11) is -16.6. The van der Waals surface area contributed by atoms with Gasteiger partial charge in [0.2, 0.25) is 0 Å². The van der Waals surface area contributed by atoms with Crippen molar-refractivity contribution >= 4 is 29.7 Å². The van der Waals surface area contributed by atoms with Crippen molar-refractivity contribution in [1.82, 2.24) is 9.13 Å². The minimum Gasteiger partial charge on any atom is -0.390 e. The van der Waals surface area contributed by atoms with E-state index in [0.717, 1.165) is 10.8 Å². The van der Waals surface area contributed by atoms with Crippen LogP contribution in [0.2, 0.25) is 0 Å². The van der Waals surface area contributed by atoms with Gasteiger partial charge in [-0.3, -0.25) is 13.9 Å². The molecule has 1 aromatic heterocycles. The van der Waals surface area contributed by atoms with Crippen molar-refractivity contribution in [1.29, 1.82) is 0 Å². The predicted molar refractivity (Wildman–Crippen MR) is 100 cm³/mol. The molecule has 0 aromatic carbocycles. The summed E-state index contributed by atoms with van der Waals surface area (Å²) in [6.07, 6.45) is -1.79. The maximum Gasteiger partial charge on any atom is 0.490 e. The Morgan fingerprint density at radius 1 is 1.19 bits per heavy atom. The average Bonchev–Trinajstić information content (AvgIpc) is 2.94. The molecule has 1 aliphatic rings. The number of hydrogen-bond donors (Lipinski definition) is 5. The molecule has 19 heteroatoms. The molecule has 0 aliphatic carbocycles. The minimum atomic E-state index is -5.69. The number of rotatable bonds is 9. The molecule has 0 spiro atoms. The maximum atomic E-state index is 12.4. The molecule has 0 amide bonds. The van der Waals surface area contributed by atoms with E-state index >= 15 is 0 Å². The fourth-order valence-corrected chi connectivity index (χ4v) is 5.62. The molecule has 2 heterocycles. The summed E-state index contributed by atoms with van der Waals surface area (Å²) in [5.41, 5.74) is -1.27. The van der Waals surface area contributed by atoms with Crippen LogP contribution < -0.4 is 11.2 Å². The van der Waals surface area contributed by atoms with Gasteiger partial charge in [-0.2, -0.15) is 8.62 Å². The average molecular weight is 508 g/mol. The van der Waals surface area contributed by atoms with Crippen LogP contribution in [-0.4, -0.2) is 52.6 Å². The van der Waals surface area contributed by atoms with E-state index in [0.29, 0.717) is 4.57 Å². The zero-order chi connectivity index (χ0) is 23.8. The van der Waals surface area contributed by atoms with Crippen molar-refractivity contribution in [2.75, 3.05) is 6.61 Å². The number of phosphoric acid groups is 3. The second-order valence-corrected chi connectivity index (χ2v) is 10.6. The molecule has 1 aromatic rings. The molecule has 1 aliphatic heterocycles. The zero-order valence-electron chi connectivity index (χ0n) is 15.7.